The molecule has 0 saturated carbocycles. The normalized spacial score (nSPS) is 10.4. The number of hydrogen-bond donors (Lipinski definition) is 0. The van der Waals surface area contributed by atoms with Crippen molar-refractivity contribution in [1.29, 1.82) is 0 Å². The number of carbonyl (C=O) groups excluding carboxylic acids is 5. The first-order valence-electron chi connectivity index (χ1n) is 15.8. The molecule has 0 bridgehead atoms. The van der Waals surface area contributed by atoms with Crippen LogP contribution >= 0.6 is 0 Å². The third kappa shape index (κ3) is 10.2. The van der Waals surface area contributed by atoms with Crippen molar-refractivity contribution in [3.05, 3.63) is 126 Å². The molecule has 0 fully saturated rings. The quantitative estimate of drug-likeness (QED) is 0.0488. The van der Waals surface area contributed by atoms with Gasteiger partial charge in [0.1, 0.15) is 17.2 Å². The van der Waals surface area contributed by atoms with Crippen LogP contribution in [0.5, 0.6) is 28.7 Å². The summed E-state index contributed by atoms with van der Waals surface area (Å²) in [7, 11) is 0. The van der Waals surface area contributed by atoms with Gasteiger partial charge in [-0.2, -0.15) is 0 Å². The SMILES string of the molecule is C=CC(=O)CCOc1cc(C(=O)Oc2cc3ccc(OC(=O)c4ccc(OCOC(=O)C=C)c(C)c4)cc3cc2C)cc(C)c1OCOC(=O)C=C. The summed E-state index contributed by atoms with van der Waals surface area (Å²) in [6.45, 7) is 14.5. The summed E-state index contributed by atoms with van der Waals surface area (Å²) in [4.78, 5) is 60.7. The van der Waals surface area contributed by atoms with E-state index in [4.69, 9.17) is 33.2 Å². The molecule has 0 atom stereocenters. The van der Waals surface area contributed by atoms with E-state index in [0.717, 1.165) is 17.5 Å². The van der Waals surface area contributed by atoms with Crippen molar-refractivity contribution in [3.63, 3.8) is 0 Å². The van der Waals surface area contributed by atoms with Gasteiger partial charge in [-0.15, -0.1) is 0 Å². The number of benzene rings is 4. The zero-order valence-corrected chi connectivity index (χ0v) is 28.9. The van der Waals surface area contributed by atoms with Crippen molar-refractivity contribution >= 4 is 40.4 Å². The number of hydrogen-bond acceptors (Lipinski definition) is 12. The van der Waals surface area contributed by atoms with Crippen LogP contribution in [0.25, 0.3) is 10.8 Å². The van der Waals surface area contributed by atoms with E-state index in [1.807, 2.05) is 0 Å². The van der Waals surface area contributed by atoms with Gasteiger partial charge in [-0.3, -0.25) is 4.79 Å². The molecule has 0 aliphatic rings. The Bertz CT molecular complexity index is 2060. The van der Waals surface area contributed by atoms with Gasteiger partial charge in [0, 0.05) is 18.6 Å². The Morgan fingerprint density at radius 1 is 0.577 bits per heavy atom. The lowest BCUT2D eigenvalue weighted by Crippen LogP contribution is -2.13. The van der Waals surface area contributed by atoms with Gasteiger partial charge < -0.3 is 33.2 Å². The molecule has 4 rings (SSSR count). The molecule has 4 aromatic carbocycles. The lowest BCUT2D eigenvalue weighted by atomic mass is 10.1. The smallest absolute Gasteiger partial charge is 0.343 e. The fraction of sp³-hybridized carbons (Fsp3) is 0.175. The fourth-order valence-corrected chi connectivity index (χ4v) is 4.74. The lowest BCUT2D eigenvalue weighted by molar-refractivity contribution is -0.145. The first-order chi connectivity index (χ1) is 24.9. The van der Waals surface area contributed by atoms with Gasteiger partial charge in [-0.05, 0) is 109 Å². The van der Waals surface area contributed by atoms with Crippen LogP contribution in [0.1, 0.15) is 43.8 Å². The number of aryl methyl sites for hydroxylation is 3. The first-order valence-corrected chi connectivity index (χ1v) is 15.8. The van der Waals surface area contributed by atoms with Crippen LogP contribution < -0.4 is 23.7 Å². The highest BCUT2D eigenvalue weighted by Crippen LogP contribution is 2.35. The van der Waals surface area contributed by atoms with Crippen molar-refractivity contribution in [2.75, 3.05) is 20.2 Å². The molecule has 0 N–H and O–H groups in total. The molecule has 0 heterocycles. The van der Waals surface area contributed by atoms with E-state index in [-0.39, 0.29) is 48.2 Å². The summed E-state index contributed by atoms with van der Waals surface area (Å²) in [6, 6.07) is 16.2. The fourth-order valence-electron chi connectivity index (χ4n) is 4.74. The predicted octanol–water partition coefficient (Wildman–Crippen LogP) is 6.86. The topological polar surface area (TPSA) is 150 Å². The standard InChI is InChI=1S/C40H36O12/c1-7-31(41)14-15-46-35-21-30(18-26(6)38(35)50-23-49-37(43)9-3)40(45)52-34-20-27-10-12-32(19-29(27)17-25(34)5)51-39(44)28-11-13-33(24(4)16-28)47-22-48-36(42)8-2/h7-13,16-21H,1-3,14-15,22-23H2,4-6H3. The molecule has 0 spiro atoms. The first kappa shape index (κ1) is 38.1. The number of carbonyl (C=O) groups is 5. The van der Waals surface area contributed by atoms with Crippen LogP contribution in [0, 0.1) is 20.8 Å². The zero-order valence-electron chi connectivity index (χ0n) is 28.9. The van der Waals surface area contributed by atoms with Gasteiger partial charge in [0.25, 0.3) is 0 Å². The molecule has 0 aromatic heterocycles. The van der Waals surface area contributed by atoms with Crippen molar-refractivity contribution in [1.82, 2.24) is 0 Å². The Balaban J connectivity index is 1.48. The Morgan fingerprint density at radius 3 is 1.90 bits per heavy atom. The van der Waals surface area contributed by atoms with Crippen LogP contribution in [0.15, 0.2) is 98.6 Å². The molecule has 12 heteroatoms. The molecule has 12 nitrogen and oxygen atoms in total. The summed E-state index contributed by atoms with van der Waals surface area (Å²) in [5, 5.41) is 1.45. The lowest BCUT2D eigenvalue weighted by Gasteiger charge is -2.16. The second-order valence-electron chi connectivity index (χ2n) is 11.1. The number of ketones is 1. The summed E-state index contributed by atoms with van der Waals surface area (Å²) in [6.07, 6.45) is 3.24. The van der Waals surface area contributed by atoms with Crippen LogP contribution in [-0.2, 0) is 23.9 Å². The van der Waals surface area contributed by atoms with Gasteiger partial charge in [-0.1, -0.05) is 25.8 Å². The van der Waals surface area contributed by atoms with Gasteiger partial charge in [0.2, 0.25) is 13.6 Å². The Morgan fingerprint density at radius 2 is 1.23 bits per heavy atom. The highest BCUT2D eigenvalue weighted by atomic mass is 16.7. The van der Waals surface area contributed by atoms with E-state index in [2.05, 4.69) is 19.7 Å². The van der Waals surface area contributed by atoms with E-state index >= 15 is 0 Å². The maximum atomic E-state index is 13.4. The predicted molar refractivity (Wildman–Crippen MR) is 190 cm³/mol. The number of ether oxygens (including phenoxy) is 7. The molecule has 268 valence electrons. The van der Waals surface area contributed by atoms with Crippen molar-refractivity contribution in [2.24, 2.45) is 0 Å². The Kier molecular flexibility index (Phi) is 13.1. The van der Waals surface area contributed by atoms with Crippen molar-refractivity contribution in [2.45, 2.75) is 27.2 Å². The second kappa shape index (κ2) is 17.8. The van der Waals surface area contributed by atoms with Crippen LogP contribution in [-0.4, -0.2) is 49.9 Å². The molecule has 0 radical (unpaired) electrons. The molecule has 4 aromatic rings. The Labute approximate surface area is 299 Å². The van der Waals surface area contributed by atoms with E-state index in [1.54, 1.807) is 63.2 Å². The summed E-state index contributed by atoms with van der Waals surface area (Å²) in [5.74, 6) is -1.42. The minimum absolute atomic E-state index is 0.0237. The monoisotopic (exact) mass is 708 g/mol. The van der Waals surface area contributed by atoms with Gasteiger partial charge in [0.15, 0.2) is 17.3 Å². The average Bonchev–Trinajstić information content (AvgIpc) is 3.12. The van der Waals surface area contributed by atoms with Crippen molar-refractivity contribution < 1.29 is 57.1 Å². The van der Waals surface area contributed by atoms with E-state index < -0.39 is 30.7 Å². The Hall–Kier alpha value is -6.69. The molecular weight excluding hydrogens is 672 g/mol. The molecule has 52 heavy (non-hydrogen) atoms. The van der Waals surface area contributed by atoms with Crippen LogP contribution in [0.2, 0.25) is 0 Å². The van der Waals surface area contributed by atoms with Crippen molar-refractivity contribution in [3.8, 4) is 28.7 Å². The van der Waals surface area contributed by atoms with E-state index in [9.17, 15) is 24.0 Å². The average molecular weight is 709 g/mol. The molecule has 0 saturated heterocycles. The molecular formula is C40H36O12. The number of fused-ring (bicyclic) bond motifs is 1. The number of allylic oxidation sites excluding steroid dienone is 1. The minimum Gasteiger partial charge on any atom is -0.489 e. The zero-order chi connectivity index (χ0) is 37.8. The third-order valence-corrected chi connectivity index (χ3v) is 7.39. The molecule has 0 aliphatic carbocycles. The molecule has 0 amide bonds. The van der Waals surface area contributed by atoms with Gasteiger partial charge >= 0.3 is 23.9 Å². The summed E-state index contributed by atoms with van der Waals surface area (Å²) >= 11 is 0. The van der Waals surface area contributed by atoms with Gasteiger partial charge in [0.05, 0.1) is 17.7 Å². The molecule has 0 aliphatic heterocycles. The van der Waals surface area contributed by atoms with E-state index in [0.29, 0.717) is 39.3 Å². The van der Waals surface area contributed by atoms with Crippen LogP contribution in [0.4, 0.5) is 0 Å². The second-order valence-corrected chi connectivity index (χ2v) is 11.1. The van der Waals surface area contributed by atoms with Gasteiger partial charge in [-0.25, -0.2) is 19.2 Å². The minimum atomic E-state index is -0.684. The van der Waals surface area contributed by atoms with E-state index in [1.165, 1.54) is 24.3 Å². The molecule has 0 unspecified atom stereocenters. The van der Waals surface area contributed by atoms with Crippen LogP contribution in [0.3, 0.4) is 0 Å². The number of rotatable bonds is 17. The summed E-state index contributed by atoms with van der Waals surface area (Å²) < 4.78 is 38.0. The summed E-state index contributed by atoms with van der Waals surface area (Å²) in [5.41, 5.74) is 2.18. The highest BCUT2D eigenvalue weighted by molar-refractivity contribution is 5.95. The third-order valence-electron chi connectivity index (χ3n) is 7.39. The number of esters is 4. The maximum absolute atomic E-state index is 13.4. The maximum Gasteiger partial charge on any atom is 0.343 e. The highest BCUT2D eigenvalue weighted by Gasteiger charge is 2.19. The largest absolute Gasteiger partial charge is 0.489 e.